The fourth-order valence-corrected chi connectivity index (χ4v) is 4.97. The first-order chi connectivity index (χ1) is 13.6. The summed E-state index contributed by atoms with van der Waals surface area (Å²) >= 11 is 7.01. The third kappa shape index (κ3) is 2.71. The summed E-state index contributed by atoms with van der Waals surface area (Å²) in [6.45, 7) is 3.21. The fourth-order valence-electron chi connectivity index (χ4n) is 3.97. The predicted octanol–water partition coefficient (Wildman–Crippen LogP) is 4.30. The number of rotatable bonds is 3. The first-order valence-electron chi connectivity index (χ1n) is 9.21. The molecular formula is C20H19N5OS2. The van der Waals surface area contributed by atoms with Gasteiger partial charge in [0.05, 0.1) is 4.88 Å². The minimum absolute atomic E-state index is 0.0613. The lowest BCUT2D eigenvalue weighted by atomic mass is 10.0. The van der Waals surface area contributed by atoms with Crippen LogP contribution in [0.4, 0.5) is 0 Å². The highest BCUT2D eigenvalue weighted by Gasteiger charge is 2.29. The molecule has 0 aliphatic carbocycles. The van der Waals surface area contributed by atoms with E-state index in [9.17, 15) is 4.79 Å². The molecule has 1 amide bonds. The van der Waals surface area contributed by atoms with Gasteiger partial charge in [0.25, 0.3) is 0 Å². The van der Waals surface area contributed by atoms with Crippen molar-refractivity contribution in [2.24, 2.45) is 0 Å². The second-order valence-electron chi connectivity index (χ2n) is 7.01. The highest BCUT2D eigenvalue weighted by Crippen LogP contribution is 2.30. The number of nitrogens with one attached hydrogen (secondary N) is 2. The van der Waals surface area contributed by atoms with Gasteiger partial charge in [-0.1, -0.05) is 24.3 Å². The first kappa shape index (κ1) is 17.4. The van der Waals surface area contributed by atoms with E-state index in [0.29, 0.717) is 23.7 Å². The monoisotopic (exact) mass is 409 g/mol. The van der Waals surface area contributed by atoms with Gasteiger partial charge in [0.15, 0.2) is 10.6 Å². The molecule has 142 valence electrons. The van der Waals surface area contributed by atoms with Crippen LogP contribution in [0.1, 0.15) is 24.2 Å². The van der Waals surface area contributed by atoms with Crippen LogP contribution in [-0.2, 0) is 17.8 Å². The highest BCUT2D eigenvalue weighted by atomic mass is 32.1. The van der Waals surface area contributed by atoms with Gasteiger partial charge in [-0.3, -0.25) is 14.5 Å². The van der Waals surface area contributed by atoms with Gasteiger partial charge < -0.3 is 9.88 Å². The van der Waals surface area contributed by atoms with Gasteiger partial charge in [-0.15, -0.1) is 11.3 Å². The summed E-state index contributed by atoms with van der Waals surface area (Å²) in [5.41, 5.74) is 3.58. The standard InChI is InChI=1S/C20H19N5OS2/c1-12(25-18(22-23-20(25)27)17-7-4-10-28-17)19(26)24-9-8-16-14(11-24)13-5-2-3-6-15(13)21-16/h2-7,10,12,21H,8-9,11H2,1H3,(H,23,27). The first-order valence-corrected chi connectivity index (χ1v) is 10.5. The van der Waals surface area contributed by atoms with Crippen LogP contribution in [-0.4, -0.2) is 37.1 Å². The van der Waals surface area contributed by atoms with Gasteiger partial charge in [-0.05, 0) is 36.7 Å². The van der Waals surface area contributed by atoms with Gasteiger partial charge in [0.2, 0.25) is 5.91 Å². The van der Waals surface area contributed by atoms with E-state index in [1.54, 1.807) is 11.3 Å². The zero-order valence-electron chi connectivity index (χ0n) is 15.3. The molecule has 1 aliphatic heterocycles. The van der Waals surface area contributed by atoms with Crippen LogP contribution in [0, 0.1) is 4.77 Å². The number of nitrogens with zero attached hydrogens (tertiary/aromatic N) is 3. The number of hydrogen-bond donors (Lipinski definition) is 2. The molecule has 1 unspecified atom stereocenters. The number of fused-ring (bicyclic) bond motifs is 3. The highest BCUT2D eigenvalue weighted by molar-refractivity contribution is 7.71. The molecule has 0 fully saturated rings. The summed E-state index contributed by atoms with van der Waals surface area (Å²) in [4.78, 5) is 19.8. The lowest BCUT2D eigenvalue weighted by molar-refractivity contribution is -0.135. The predicted molar refractivity (Wildman–Crippen MR) is 113 cm³/mol. The molecule has 0 bridgehead atoms. The Bertz CT molecular complexity index is 1220. The van der Waals surface area contributed by atoms with Crippen LogP contribution < -0.4 is 0 Å². The lowest BCUT2D eigenvalue weighted by Crippen LogP contribution is -2.39. The molecule has 3 aromatic heterocycles. The molecule has 6 nitrogen and oxygen atoms in total. The van der Waals surface area contributed by atoms with E-state index in [1.807, 2.05) is 46.0 Å². The van der Waals surface area contributed by atoms with E-state index in [4.69, 9.17) is 12.2 Å². The van der Waals surface area contributed by atoms with Crippen LogP contribution in [0.15, 0.2) is 41.8 Å². The van der Waals surface area contributed by atoms with E-state index in [0.717, 1.165) is 16.8 Å². The summed E-state index contributed by atoms with van der Waals surface area (Å²) in [6.07, 6.45) is 0.830. The van der Waals surface area contributed by atoms with E-state index >= 15 is 0 Å². The van der Waals surface area contributed by atoms with E-state index in [1.165, 1.54) is 16.6 Å². The van der Waals surface area contributed by atoms with Crippen molar-refractivity contribution in [3.05, 3.63) is 57.8 Å². The number of aromatic nitrogens is 4. The maximum atomic E-state index is 13.3. The summed E-state index contributed by atoms with van der Waals surface area (Å²) in [6, 6.07) is 11.8. The van der Waals surface area contributed by atoms with Gasteiger partial charge >= 0.3 is 0 Å². The smallest absolute Gasteiger partial charge is 0.245 e. The zero-order valence-corrected chi connectivity index (χ0v) is 16.9. The molecule has 28 heavy (non-hydrogen) atoms. The number of benzene rings is 1. The Morgan fingerprint density at radius 3 is 2.96 bits per heavy atom. The molecule has 2 N–H and O–H groups in total. The SMILES string of the molecule is CC(C(=O)N1CCc2[nH]c3ccccc3c2C1)n1c(-c2cccs2)n[nH]c1=S. The normalized spacial score (nSPS) is 15.0. The van der Waals surface area contributed by atoms with Gasteiger partial charge in [0, 0.05) is 41.7 Å². The second-order valence-corrected chi connectivity index (χ2v) is 8.35. The van der Waals surface area contributed by atoms with Crippen molar-refractivity contribution in [3.8, 4) is 10.7 Å². The van der Waals surface area contributed by atoms with E-state index in [-0.39, 0.29) is 5.91 Å². The number of amides is 1. The van der Waals surface area contributed by atoms with Crippen LogP contribution in [0.25, 0.3) is 21.6 Å². The number of hydrogen-bond acceptors (Lipinski definition) is 4. The van der Waals surface area contributed by atoms with Crippen molar-refractivity contribution < 1.29 is 4.79 Å². The van der Waals surface area contributed by atoms with Crippen molar-refractivity contribution in [1.82, 2.24) is 24.6 Å². The fraction of sp³-hybridized carbons (Fsp3) is 0.250. The Kier molecular flexibility index (Phi) is 4.17. The zero-order chi connectivity index (χ0) is 19.3. The molecule has 0 radical (unpaired) electrons. The molecule has 8 heteroatoms. The molecule has 1 aliphatic rings. The second kappa shape index (κ2) is 6.72. The average Bonchev–Trinajstić information content (AvgIpc) is 3.44. The Morgan fingerprint density at radius 1 is 1.29 bits per heavy atom. The third-order valence-electron chi connectivity index (χ3n) is 5.39. The van der Waals surface area contributed by atoms with Crippen LogP contribution in [0.5, 0.6) is 0 Å². The average molecular weight is 410 g/mol. The van der Waals surface area contributed by atoms with Gasteiger partial charge in [0.1, 0.15) is 6.04 Å². The summed E-state index contributed by atoms with van der Waals surface area (Å²) < 4.78 is 2.29. The molecule has 4 heterocycles. The topological polar surface area (TPSA) is 69.7 Å². The van der Waals surface area contributed by atoms with Crippen molar-refractivity contribution >= 4 is 40.4 Å². The molecule has 5 rings (SSSR count). The van der Waals surface area contributed by atoms with E-state index < -0.39 is 6.04 Å². The van der Waals surface area contributed by atoms with Crippen molar-refractivity contribution in [2.75, 3.05) is 6.54 Å². The summed E-state index contributed by atoms with van der Waals surface area (Å²) in [5, 5.41) is 10.4. The number of carbonyl (C=O) groups is 1. The van der Waals surface area contributed by atoms with Crippen molar-refractivity contribution in [2.45, 2.75) is 25.9 Å². The largest absolute Gasteiger partial charge is 0.358 e. The molecule has 0 spiro atoms. The number of H-pyrrole nitrogens is 2. The minimum Gasteiger partial charge on any atom is -0.358 e. The van der Waals surface area contributed by atoms with Crippen LogP contribution in [0.3, 0.4) is 0 Å². The Morgan fingerprint density at radius 2 is 2.14 bits per heavy atom. The number of aromatic amines is 2. The van der Waals surface area contributed by atoms with Crippen LogP contribution in [0.2, 0.25) is 0 Å². The van der Waals surface area contributed by atoms with Gasteiger partial charge in [-0.2, -0.15) is 5.10 Å². The van der Waals surface area contributed by atoms with E-state index in [2.05, 4.69) is 27.3 Å². The molecule has 0 saturated heterocycles. The summed E-state index contributed by atoms with van der Waals surface area (Å²) in [7, 11) is 0. The maximum Gasteiger partial charge on any atom is 0.245 e. The molecular weight excluding hydrogens is 390 g/mol. The number of para-hydroxylation sites is 1. The van der Waals surface area contributed by atoms with Gasteiger partial charge in [-0.25, -0.2) is 0 Å². The third-order valence-corrected chi connectivity index (χ3v) is 6.54. The minimum atomic E-state index is -0.421. The van der Waals surface area contributed by atoms with Crippen molar-refractivity contribution in [3.63, 3.8) is 0 Å². The molecule has 1 aromatic carbocycles. The maximum absolute atomic E-state index is 13.3. The Balaban J connectivity index is 1.46. The molecule has 4 aromatic rings. The lowest BCUT2D eigenvalue weighted by Gasteiger charge is -2.30. The summed E-state index contributed by atoms with van der Waals surface area (Å²) in [5.74, 6) is 0.775. The number of carbonyl (C=O) groups excluding carboxylic acids is 1. The van der Waals surface area contributed by atoms with Crippen molar-refractivity contribution in [1.29, 1.82) is 0 Å². The Labute approximate surface area is 170 Å². The number of thiophene rings is 1. The molecule has 1 atom stereocenters. The molecule has 0 saturated carbocycles. The van der Waals surface area contributed by atoms with Crippen LogP contribution >= 0.6 is 23.6 Å². The Hall–Kier alpha value is -2.71. The quantitative estimate of drug-likeness (QED) is 0.496.